The van der Waals surface area contributed by atoms with Gasteiger partial charge in [0.05, 0.1) is 6.33 Å². The van der Waals surface area contributed by atoms with Gasteiger partial charge >= 0.3 is 35.3 Å². The zero-order chi connectivity index (χ0) is 9.68. The van der Waals surface area contributed by atoms with Crippen molar-refractivity contribution in [1.82, 2.24) is 19.9 Å². The Hall–Kier alpha value is -0.382. The molecule has 0 fully saturated rings. The first-order chi connectivity index (χ1) is 6.29. The number of nitrogens with one attached hydrogen (secondary N) is 1. The molecule has 2 aromatic heterocycles. The number of rotatable bonds is 0. The summed E-state index contributed by atoms with van der Waals surface area (Å²) in [5.41, 5.74) is 6.78. The van der Waals surface area contributed by atoms with E-state index in [-0.39, 0.29) is 0 Å². The number of hydrogen-bond acceptors (Lipinski definition) is 4. The number of H-pyrrole nitrogens is 1. The second kappa shape index (κ2) is 5.37. The van der Waals surface area contributed by atoms with Crippen LogP contribution in [0.1, 0.15) is 0 Å². The fourth-order valence-corrected chi connectivity index (χ4v) is 0.784. The molecule has 5 nitrogen and oxygen atoms in total. The molecule has 0 aliphatic rings. The van der Waals surface area contributed by atoms with Crippen LogP contribution in [0.2, 0.25) is 0 Å². The van der Waals surface area contributed by atoms with Crippen molar-refractivity contribution in [3.8, 4) is 0 Å². The van der Waals surface area contributed by atoms with Crippen molar-refractivity contribution in [2.45, 2.75) is 0 Å². The molecule has 74 valence electrons. The van der Waals surface area contributed by atoms with Crippen LogP contribution in [0.3, 0.4) is 0 Å². The standard InChI is InChI=1S/C5H5N5.2ClH.Pt/c6-4-3-5(9-1-7-3)10-2-8-4;;;/h1-2H,(H3,6,7,8,9,10);2*1H;/q;;;+2/p-2. The van der Waals surface area contributed by atoms with E-state index in [0.29, 0.717) is 17.0 Å². The summed E-state index contributed by atoms with van der Waals surface area (Å²) in [6.45, 7) is 0. The van der Waals surface area contributed by atoms with Crippen LogP contribution in [0.4, 0.5) is 5.82 Å². The Labute approximate surface area is 90.5 Å². The number of anilines is 1. The number of fused-ring (bicyclic) bond motifs is 1. The minimum atomic E-state index is -0.472. The third-order valence-corrected chi connectivity index (χ3v) is 1.25. The van der Waals surface area contributed by atoms with E-state index in [4.69, 9.17) is 24.6 Å². The van der Waals surface area contributed by atoms with E-state index in [1.165, 1.54) is 12.7 Å². The molecule has 8 heteroatoms. The van der Waals surface area contributed by atoms with Crippen molar-refractivity contribution >= 4 is 35.8 Å². The number of nitrogen functional groups attached to an aromatic ring is 1. The fourth-order valence-electron chi connectivity index (χ4n) is 0.784. The van der Waals surface area contributed by atoms with Gasteiger partial charge in [-0.1, -0.05) is 0 Å². The Balaban J connectivity index is 0.000000251. The number of hydrogen-bond donors (Lipinski definition) is 2. The SMILES string of the molecule is Nc1ncnc2nc[nH]c12.[Cl][Pt][Cl]. The van der Waals surface area contributed by atoms with Crippen molar-refractivity contribution < 1.29 is 16.5 Å². The van der Waals surface area contributed by atoms with Crippen LogP contribution in [0.25, 0.3) is 11.2 Å². The predicted molar refractivity (Wildman–Crippen MR) is 47.8 cm³/mol. The molecule has 2 heterocycles. The van der Waals surface area contributed by atoms with Gasteiger partial charge in [0.2, 0.25) is 0 Å². The first-order valence-corrected chi connectivity index (χ1v) is 8.64. The molecule has 0 aromatic carbocycles. The molecule has 0 spiro atoms. The molecule has 2 aromatic rings. The molecule has 2 rings (SSSR count). The Morgan fingerprint density at radius 3 is 2.62 bits per heavy atom. The molecule has 13 heavy (non-hydrogen) atoms. The maximum atomic E-state index is 5.48. The van der Waals surface area contributed by atoms with E-state index in [0.717, 1.165) is 0 Å². The summed E-state index contributed by atoms with van der Waals surface area (Å²) in [7, 11) is 9.75. The van der Waals surface area contributed by atoms with Crippen molar-refractivity contribution in [3.63, 3.8) is 0 Å². The van der Waals surface area contributed by atoms with E-state index in [1.807, 2.05) is 0 Å². The molecule has 3 N–H and O–H groups in total. The Morgan fingerprint density at radius 2 is 2.00 bits per heavy atom. The first-order valence-electron chi connectivity index (χ1n) is 3.01. The first kappa shape index (κ1) is 10.7. The molecule has 0 saturated carbocycles. The van der Waals surface area contributed by atoms with Gasteiger partial charge in [-0.3, -0.25) is 0 Å². The molecular formula is C5H5Cl2N5Pt. The summed E-state index contributed by atoms with van der Waals surface area (Å²) in [6.07, 6.45) is 2.92. The van der Waals surface area contributed by atoms with Crippen LogP contribution in [0.5, 0.6) is 0 Å². The molecule has 0 aliphatic carbocycles. The van der Waals surface area contributed by atoms with Crippen molar-refractivity contribution in [2.75, 3.05) is 5.73 Å². The van der Waals surface area contributed by atoms with Gasteiger partial charge < -0.3 is 10.7 Å². The molecule has 0 bridgehead atoms. The van der Waals surface area contributed by atoms with Crippen molar-refractivity contribution in [2.24, 2.45) is 0 Å². The van der Waals surface area contributed by atoms with Gasteiger partial charge in [0.25, 0.3) is 0 Å². The van der Waals surface area contributed by atoms with Gasteiger partial charge in [-0.2, -0.15) is 0 Å². The van der Waals surface area contributed by atoms with Gasteiger partial charge in [0.15, 0.2) is 11.5 Å². The molecule has 0 atom stereocenters. The van der Waals surface area contributed by atoms with Crippen LogP contribution < -0.4 is 5.73 Å². The monoisotopic (exact) mass is 400 g/mol. The Morgan fingerprint density at radius 1 is 1.31 bits per heavy atom. The van der Waals surface area contributed by atoms with Crippen LogP contribution >= 0.6 is 18.8 Å². The van der Waals surface area contributed by atoms with E-state index < -0.39 is 16.5 Å². The molecule has 0 unspecified atom stereocenters. The Kier molecular flexibility index (Phi) is 4.42. The van der Waals surface area contributed by atoms with Crippen LogP contribution in [-0.2, 0) is 16.5 Å². The number of nitrogens with zero attached hydrogens (tertiary/aromatic N) is 3. The Bertz CT molecular complexity index is 378. The van der Waals surface area contributed by atoms with Crippen molar-refractivity contribution in [3.05, 3.63) is 12.7 Å². The second-order valence-electron chi connectivity index (χ2n) is 1.91. The summed E-state index contributed by atoms with van der Waals surface area (Å²) in [6, 6.07) is 0. The summed E-state index contributed by atoms with van der Waals surface area (Å²) in [5.74, 6) is 0.433. The van der Waals surface area contributed by atoms with E-state index in [1.54, 1.807) is 0 Å². The number of aromatic amines is 1. The number of aromatic nitrogens is 4. The predicted octanol–water partition coefficient (Wildman–Crippen LogP) is 1.31. The zero-order valence-electron chi connectivity index (χ0n) is 6.15. The molecule has 0 radical (unpaired) electrons. The van der Waals surface area contributed by atoms with E-state index in [9.17, 15) is 0 Å². The average Bonchev–Trinajstić information content (AvgIpc) is 2.54. The molecule has 0 amide bonds. The topological polar surface area (TPSA) is 80.5 Å². The molecule has 0 saturated heterocycles. The van der Waals surface area contributed by atoms with Gasteiger partial charge in [0, 0.05) is 0 Å². The number of imidazole rings is 1. The van der Waals surface area contributed by atoms with E-state index >= 15 is 0 Å². The normalized spacial score (nSPS) is 9.69. The zero-order valence-corrected chi connectivity index (χ0v) is 9.93. The van der Waals surface area contributed by atoms with Gasteiger partial charge in [-0.05, 0) is 0 Å². The molecular weight excluding hydrogens is 396 g/mol. The number of halogens is 2. The van der Waals surface area contributed by atoms with Gasteiger partial charge in [-0.25, -0.2) is 15.0 Å². The molecule has 0 aliphatic heterocycles. The number of nitrogens with two attached hydrogens (primary N) is 1. The average molecular weight is 401 g/mol. The third kappa shape index (κ3) is 2.79. The summed E-state index contributed by atoms with van der Waals surface area (Å²) in [5, 5.41) is 0. The van der Waals surface area contributed by atoms with Gasteiger partial charge in [-0.15, -0.1) is 0 Å². The van der Waals surface area contributed by atoms with Crippen LogP contribution in [-0.4, -0.2) is 19.9 Å². The van der Waals surface area contributed by atoms with Crippen LogP contribution in [0.15, 0.2) is 12.7 Å². The summed E-state index contributed by atoms with van der Waals surface area (Å²) < 4.78 is 0. The maximum absolute atomic E-state index is 5.48. The second-order valence-corrected chi connectivity index (χ2v) is 5.19. The quantitative estimate of drug-likeness (QED) is 0.698. The van der Waals surface area contributed by atoms with E-state index in [2.05, 4.69) is 19.9 Å². The van der Waals surface area contributed by atoms with Crippen LogP contribution in [0, 0.1) is 0 Å². The van der Waals surface area contributed by atoms with Gasteiger partial charge in [0.1, 0.15) is 11.8 Å². The third-order valence-electron chi connectivity index (χ3n) is 1.25. The summed E-state index contributed by atoms with van der Waals surface area (Å²) in [4.78, 5) is 14.4. The fraction of sp³-hybridized carbons (Fsp3) is 0. The summed E-state index contributed by atoms with van der Waals surface area (Å²) >= 11 is -0.472. The minimum absolute atomic E-state index is 0.433. The van der Waals surface area contributed by atoms with Crippen molar-refractivity contribution in [1.29, 1.82) is 0 Å².